The van der Waals surface area contributed by atoms with Gasteiger partial charge >= 0.3 is 0 Å². The van der Waals surface area contributed by atoms with Gasteiger partial charge in [-0.3, -0.25) is 9.58 Å². The van der Waals surface area contributed by atoms with E-state index in [-0.39, 0.29) is 6.04 Å². The molecular weight excluding hydrogens is 212 g/mol. The second-order valence-corrected chi connectivity index (χ2v) is 4.84. The maximum atomic E-state index is 9.46. The molecule has 1 saturated heterocycles. The SMILES string of the molecule is Cc1nn(C)c(C)c1C(C#N)N1CCCCC1. The summed E-state index contributed by atoms with van der Waals surface area (Å²) in [6, 6.07) is 2.33. The minimum Gasteiger partial charge on any atom is -0.284 e. The van der Waals surface area contributed by atoms with E-state index in [4.69, 9.17) is 0 Å². The molecule has 1 aromatic rings. The van der Waals surface area contributed by atoms with E-state index in [0.717, 1.165) is 30.0 Å². The molecule has 4 heteroatoms. The quantitative estimate of drug-likeness (QED) is 0.784. The summed E-state index contributed by atoms with van der Waals surface area (Å²) in [6.45, 7) is 6.11. The van der Waals surface area contributed by atoms with Crippen molar-refractivity contribution >= 4 is 0 Å². The molecule has 2 rings (SSSR count). The Morgan fingerprint density at radius 1 is 1.24 bits per heavy atom. The molecule has 0 amide bonds. The molecule has 0 spiro atoms. The zero-order chi connectivity index (χ0) is 12.4. The fraction of sp³-hybridized carbons (Fsp3) is 0.692. The molecule has 1 unspecified atom stereocenters. The van der Waals surface area contributed by atoms with E-state index in [9.17, 15) is 5.26 Å². The van der Waals surface area contributed by atoms with Gasteiger partial charge in [-0.2, -0.15) is 10.4 Å². The first-order chi connectivity index (χ1) is 8.15. The molecular formula is C13H20N4. The minimum atomic E-state index is -0.121. The summed E-state index contributed by atoms with van der Waals surface area (Å²) in [5.41, 5.74) is 3.21. The Balaban J connectivity index is 2.31. The first-order valence-electron chi connectivity index (χ1n) is 6.29. The van der Waals surface area contributed by atoms with E-state index >= 15 is 0 Å². The van der Waals surface area contributed by atoms with Gasteiger partial charge in [0.15, 0.2) is 0 Å². The number of nitriles is 1. The van der Waals surface area contributed by atoms with Crippen LogP contribution in [0.25, 0.3) is 0 Å². The highest BCUT2D eigenvalue weighted by atomic mass is 15.3. The Hall–Kier alpha value is -1.34. The van der Waals surface area contributed by atoms with Gasteiger partial charge in [0.25, 0.3) is 0 Å². The van der Waals surface area contributed by atoms with Gasteiger partial charge in [-0.25, -0.2) is 0 Å². The number of likely N-dealkylation sites (tertiary alicyclic amines) is 1. The van der Waals surface area contributed by atoms with E-state index in [1.54, 1.807) is 0 Å². The average molecular weight is 232 g/mol. The van der Waals surface area contributed by atoms with Gasteiger partial charge < -0.3 is 0 Å². The van der Waals surface area contributed by atoms with E-state index in [1.807, 2.05) is 25.6 Å². The molecule has 0 bridgehead atoms. The molecule has 0 radical (unpaired) electrons. The number of hydrogen-bond donors (Lipinski definition) is 0. The van der Waals surface area contributed by atoms with Crippen LogP contribution in [0.5, 0.6) is 0 Å². The van der Waals surface area contributed by atoms with Gasteiger partial charge in [0, 0.05) is 18.3 Å². The number of rotatable bonds is 2. The fourth-order valence-corrected chi connectivity index (χ4v) is 2.69. The van der Waals surface area contributed by atoms with Crippen LogP contribution in [-0.4, -0.2) is 27.8 Å². The number of aryl methyl sites for hydroxylation is 2. The van der Waals surface area contributed by atoms with Crippen LogP contribution >= 0.6 is 0 Å². The Labute approximate surface area is 103 Å². The number of aromatic nitrogens is 2. The van der Waals surface area contributed by atoms with Crippen LogP contribution in [0, 0.1) is 25.2 Å². The third kappa shape index (κ3) is 2.20. The lowest BCUT2D eigenvalue weighted by Crippen LogP contribution is -2.33. The van der Waals surface area contributed by atoms with Crippen LogP contribution in [0.15, 0.2) is 0 Å². The maximum Gasteiger partial charge on any atom is 0.127 e. The van der Waals surface area contributed by atoms with E-state index in [0.29, 0.717) is 0 Å². The summed E-state index contributed by atoms with van der Waals surface area (Å²) in [4.78, 5) is 2.29. The van der Waals surface area contributed by atoms with Crippen LogP contribution in [0.1, 0.15) is 42.3 Å². The predicted octanol–water partition coefficient (Wildman–Crippen LogP) is 2.09. The summed E-state index contributed by atoms with van der Waals surface area (Å²) in [5.74, 6) is 0. The maximum absolute atomic E-state index is 9.46. The third-order valence-electron chi connectivity index (χ3n) is 3.72. The average Bonchev–Trinajstić information content (AvgIpc) is 2.58. The molecule has 92 valence electrons. The van der Waals surface area contributed by atoms with E-state index in [1.165, 1.54) is 19.3 Å². The van der Waals surface area contributed by atoms with Crippen LogP contribution in [0.4, 0.5) is 0 Å². The second-order valence-electron chi connectivity index (χ2n) is 4.84. The smallest absolute Gasteiger partial charge is 0.127 e. The van der Waals surface area contributed by atoms with E-state index < -0.39 is 0 Å². The zero-order valence-electron chi connectivity index (χ0n) is 10.9. The summed E-state index contributed by atoms with van der Waals surface area (Å²) in [5, 5.41) is 13.9. The van der Waals surface area contributed by atoms with Crippen molar-refractivity contribution in [3.05, 3.63) is 17.0 Å². The standard InChI is InChI=1S/C13H20N4/c1-10-13(11(2)16(3)15-10)12(9-14)17-7-5-4-6-8-17/h12H,4-8H2,1-3H3. The highest BCUT2D eigenvalue weighted by Crippen LogP contribution is 2.28. The van der Waals surface area contributed by atoms with Crippen LogP contribution in [-0.2, 0) is 7.05 Å². The lowest BCUT2D eigenvalue weighted by Gasteiger charge is -2.30. The van der Waals surface area contributed by atoms with Crippen molar-refractivity contribution < 1.29 is 0 Å². The van der Waals surface area contributed by atoms with Crippen molar-refractivity contribution in [1.82, 2.24) is 14.7 Å². The van der Waals surface area contributed by atoms with Gasteiger partial charge in [0.05, 0.1) is 11.8 Å². The van der Waals surface area contributed by atoms with Gasteiger partial charge in [0.2, 0.25) is 0 Å². The van der Waals surface area contributed by atoms with Crippen LogP contribution < -0.4 is 0 Å². The zero-order valence-corrected chi connectivity index (χ0v) is 10.9. The Bertz CT molecular complexity index is 435. The third-order valence-corrected chi connectivity index (χ3v) is 3.72. The number of hydrogen-bond acceptors (Lipinski definition) is 3. The topological polar surface area (TPSA) is 44.9 Å². The minimum absolute atomic E-state index is 0.121. The molecule has 4 nitrogen and oxygen atoms in total. The molecule has 0 N–H and O–H groups in total. The molecule has 1 fully saturated rings. The second kappa shape index (κ2) is 4.89. The summed E-state index contributed by atoms with van der Waals surface area (Å²) in [7, 11) is 1.94. The normalized spacial score (nSPS) is 18.9. The molecule has 1 atom stereocenters. The molecule has 0 saturated carbocycles. The van der Waals surface area contributed by atoms with Crippen molar-refractivity contribution in [2.45, 2.75) is 39.2 Å². The van der Waals surface area contributed by atoms with Crippen molar-refractivity contribution in [2.75, 3.05) is 13.1 Å². The predicted molar refractivity (Wildman–Crippen MR) is 66.5 cm³/mol. The van der Waals surface area contributed by atoms with Gasteiger partial charge in [-0.1, -0.05) is 6.42 Å². The molecule has 17 heavy (non-hydrogen) atoms. The monoisotopic (exact) mass is 232 g/mol. The van der Waals surface area contributed by atoms with Crippen molar-refractivity contribution in [3.63, 3.8) is 0 Å². The summed E-state index contributed by atoms with van der Waals surface area (Å²) < 4.78 is 1.87. The lowest BCUT2D eigenvalue weighted by molar-refractivity contribution is 0.195. The van der Waals surface area contributed by atoms with Gasteiger partial charge in [-0.15, -0.1) is 0 Å². The summed E-state index contributed by atoms with van der Waals surface area (Å²) in [6.07, 6.45) is 3.70. The van der Waals surface area contributed by atoms with E-state index in [2.05, 4.69) is 16.1 Å². The van der Waals surface area contributed by atoms with Crippen molar-refractivity contribution in [1.29, 1.82) is 5.26 Å². The van der Waals surface area contributed by atoms with Crippen molar-refractivity contribution in [2.24, 2.45) is 7.05 Å². The molecule has 1 aliphatic heterocycles. The molecule has 0 aromatic carbocycles. The number of piperidine rings is 1. The van der Waals surface area contributed by atoms with Gasteiger partial charge in [-0.05, 0) is 39.8 Å². The molecule has 1 aromatic heterocycles. The lowest BCUT2D eigenvalue weighted by atomic mass is 10.0. The highest BCUT2D eigenvalue weighted by Gasteiger charge is 2.26. The fourth-order valence-electron chi connectivity index (χ4n) is 2.69. The largest absolute Gasteiger partial charge is 0.284 e. The van der Waals surface area contributed by atoms with Gasteiger partial charge in [0.1, 0.15) is 6.04 Å². The van der Waals surface area contributed by atoms with Crippen molar-refractivity contribution in [3.8, 4) is 6.07 Å². The van der Waals surface area contributed by atoms with Crippen LogP contribution in [0.2, 0.25) is 0 Å². The molecule has 2 heterocycles. The first kappa shape index (κ1) is 12.1. The molecule has 0 aliphatic carbocycles. The van der Waals surface area contributed by atoms with Crippen LogP contribution in [0.3, 0.4) is 0 Å². The molecule has 1 aliphatic rings. The Kier molecular flexibility index (Phi) is 3.49. The Morgan fingerprint density at radius 2 is 1.88 bits per heavy atom. The number of nitrogens with zero attached hydrogens (tertiary/aromatic N) is 4. The highest BCUT2D eigenvalue weighted by molar-refractivity contribution is 5.32. The summed E-state index contributed by atoms with van der Waals surface area (Å²) >= 11 is 0. The Morgan fingerprint density at radius 3 is 2.35 bits per heavy atom. The first-order valence-corrected chi connectivity index (χ1v) is 6.29.